The van der Waals surface area contributed by atoms with E-state index in [0.29, 0.717) is 37.3 Å². The molecule has 2 saturated heterocycles. The Bertz CT molecular complexity index is 650. The zero-order chi connectivity index (χ0) is 17.9. The van der Waals surface area contributed by atoms with Crippen LogP contribution in [0, 0.1) is 0 Å². The van der Waals surface area contributed by atoms with Crippen molar-refractivity contribution in [3.8, 4) is 0 Å². The van der Waals surface area contributed by atoms with Crippen molar-refractivity contribution in [1.29, 1.82) is 0 Å². The van der Waals surface area contributed by atoms with E-state index < -0.39 is 11.4 Å². The third-order valence-corrected chi connectivity index (χ3v) is 5.06. The van der Waals surface area contributed by atoms with E-state index in [1.54, 1.807) is 12.1 Å². The Balaban J connectivity index is 1.82. The van der Waals surface area contributed by atoms with Gasteiger partial charge in [0, 0.05) is 32.0 Å². The van der Waals surface area contributed by atoms with Crippen LogP contribution in [0.4, 0.5) is 11.4 Å². The average molecular weight is 346 g/mol. The molecular formula is C18H26N4O3. The molecule has 0 aromatic heterocycles. The largest absolute Gasteiger partial charge is 0.381 e. The van der Waals surface area contributed by atoms with Crippen LogP contribution in [0.2, 0.25) is 0 Å². The van der Waals surface area contributed by atoms with Gasteiger partial charge in [0.15, 0.2) is 0 Å². The first-order chi connectivity index (χ1) is 12.0. The second-order valence-corrected chi connectivity index (χ2v) is 6.87. The fourth-order valence-electron chi connectivity index (χ4n) is 3.43. The van der Waals surface area contributed by atoms with Gasteiger partial charge in [0.25, 0.3) is 5.91 Å². The first-order valence-corrected chi connectivity index (χ1v) is 8.86. The minimum atomic E-state index is -0.911. The average Bonchev–Trinajstić information content (AvgIpc) is 2.63. The van der Waals surface area contributed by atoms with Gasteiger partial charge in [-0.05, 0) is 50.3 Å². The van der Waals surface area contributed by atoms with Gasteiger partial charge in [-0.2, -0.15) is 0 Å². The van der Waals surface area contributed by atoms with Gasteiger partial charge in [-0.1, -0.05) is 0 Å². The van der Waals surface area contributed by atoms with E-state index in [1.165, 1.54) is 6.42 Å². The highest BCUT2D eigenvalue weighted by Crippen LogP contribution is 2.28. The molecule has 7 nitrogen and oxygen atoms in total. The maximum Gasteiger partial charge on any atom is 0.250 e. The van der Waals surface area contributed by atoms with E-state index in [1.807, 2.05) is 6.07 Å². The molecule has 0 aliphatic carbocycles. The molecule has 2 aliphatic heterocycles. The summed E-state index contributed by atoms with van der Waals surface area (Å²) >= 11 is 0. The summed E-state index contributed by atoms with van der Waals surface area (Å²) in [6, 6.07) is 5.20. The molecule has 2 fully saturated rings. The van der Waals surface area contributed by atoms with Crippen LogP contribution in [-0.4, -0.2) is 43.7 Å². The highest BCUT2D eigenvalue weighted by atomic mass is 16.5. The fourth-order valence-corrected chi connectivity index (χ4v) is 3.43. The Hall–Kier alpha value is -2.12. The predicted molar refractivity (Wildman–Crippen MR) is 96.6 cm³/mol. The minimum Gasteiger partial charge on any atom is -0.381 e. The number of primary amides is 1. The molecule has 1 aromatic rings. The number of carbonyl (C=O) groups is 2. The van der Waals surface area contributed by atoms with Crippen LogP contribution in [0.3, 0.4) is 0 Å². The zero-order valence-corrected chi connectivity index (χ0v) is 14.4. The van der Waals surface area contributed by atoms with Gasteiger partial charge in [-0.3, -0.25) is 9.59 Å². The van der Waals surface area contributed by atoms with E-state index in [2.05, 4.69) is 10.2 Å². The van der Waals surface area contributed by atoms with E-state index in [9.17, 15) is 9.59 Å². The standard InChI is InChI=1S/C18H26N4O3/c19-16(23)14-5-4-13(12-15(14)22-8-2-1-3-9-22)21-17(24)18(20)6-10-25-11-7-18/h4-5,12H,1-3,6-11,20H2,(H2,19,23)(H,21,24). The van der Waals surface area contributed by atoms with Crippen molar-refractivity contribution in [2.75, 3.05) is 36.5 Å². The second-order valence-electron chi connectivity index (χ2n) is 6.87. The first-order valence-electron chi connectivity index (χ1n) is 8.86. The molecule has 136 valence electrons. The molecule has 2 amide bonds. The third-order valence-electron chi connectivity index (χ3n) is 5.06. The normalized spacial score (nSPS) is 20.1. The van der Waals surface area contributed by atoms with Crippen molar-refractivity contribution in [2.24, 2.45) is 11.5 Å². The summed E-state index contributed by atoms with van der Waals surface area (Å²) in [6.45, 7) is 2.75. The van der Waals surface area contributed by atoms with Gasteiger partial charge in [-0.15, -0.1) is 0 Å². The second kappa shape index (κ2) is 7.41. The van der Waals surface area contributed by atoms with Crippen LogP contribution in [0.15, 0.2) is 18.2 Å². The summed E-state index contributed by atoms with van der Waals surface area (Å²) in [5.74, 6) is -0.676. The number of hydrogen-bond acceptors (Lipinski definition) is 5. The lowest BCUT2D eigenvalue weighted by Gasteiger charge is -2.32. The molecule has 0 spiro atoms. The van der Waals surface area contributed by atoms with Crippen molar-refractivity contribution in [1.82, 2.24) is 0 Å². The fraction of sp³-hybridized carbons (Fsp3) is 0.556. The van der Waals surface area contributed by atoms with E-state index >= 15 is 0 Å². The summed E-state index contributed by atoms with van der Waals surface area (Å²) in [5.41, 5.74) is 12.7. The number of hydrogen-bond donors (Lipinski definition) is 3. The van der Waals surface area contributed by atoms with Crippen molar-refractivity contribution >= 4 is 23.2 Å². The van der Waals surface area contributed by atoms with Crippen molar-refractivity contribution in [3.05, 3.63) is 23.8 Å². The molecule has 25 heavy (non-hydrogen) atoms. The zero-order valence-electron chi connectivity index (χ0n) is 14.4. The molecule has 0 unspecified atom stereocenters. The number of piperidine rings is 1. The number of anilines is 2. The van der Waals surface area contributed by atoms with Gasteiger partial charge >= 0.3 is 0 Å². The number of benzene rings is 1. The lowest BCUT2D eigenvalue weighted by atomic mass is 9.90. The van der Waals surface area contributed by atoms with Crippen LogP contribution in [-0.2, 0) is 9.53 Å². The smallest absolute Gasteiger partial charge is 0.250 e. The third kappa shape index (κ3) is 3.93. The van der Waals surface area contributed by atoms with Crippen LogP contribution >= 0.6 is 0 Å². The molecule has 0 atom stereocenters. The molecule has 1 aromatic carbocycles. The maximum atomic E-state index is 12.6. The SMILES string of the molecule is NC(=O)c1ccc(NC(=O)C2(N)CCOCC2)cc1N1CCCCC1. The summed E-state index contributed by atoms with van der Waals surface area (Å²) in [4.78, 5) is 26.5. The van der Waals surface area contributed by atoms with Gasteiger partial charge in [0.1, 0.15) is 5.54 Å². The van der Waals surface area contributed by atoms with Gasteiger partial charge in [0.2, 0.25) is 5.91 Å². The number of nitrogens with one attached hydrogen (secondary N) is 1. The van der Waals surface area contributed by atoms with Crippen molar-refractivity contribution in [3.63, 3.8) is 0 Å². The maximum absolute atomic E-state index is 12.6. The molecule has 2 aliphatic rings. The molecule has 0 radical (unpaired) electrons. The Morgan fingerprint density at radius 3 is 2.44 bits per heavy atom. The number of carbonyl (C=O) groups excluding carboxylic acids is 2. The van der Waals surface area contributed by atoms with Crippen LogP contribution in [0.25, 0.3) is 0 Å². The van der Waals surface area contributed by atoms with Crippen molar-refractivity contribution in [2.45, 2.75) is 37.6 Å². The summed E-state index contributed by atoms with van der Waals surface area (Å²) in [5, 5.41) is 2.90. The Kier molecular flexibility index (Phi) is 5.24. The number of nitrogens with two attached hydrogens (primary N) is 2. The van der Waals surface area contributed by atoms with Crippen LogP contribution in [0.5, 0.6) is 0 Å². The van der Waals surface area contributed by atoms with Crippen LogP contribution < -0.4 is 21.7 Å². The summed E-state index contributed by atoms with van der Waals surface area (Å²) in [6.07, 6.45) is 4.35. The molecule has 5 N–H and O–H groups in total. The quantitative estimate of drug-likeness (QED) is 0.759. The van der Waals surface area contributed by atoms with E-state index in [0.717, 1.165) is 31.6 Å². The van der Waals surface area contributed by atoms with Gasteiger partial charge < -0.3 is 26.4 Å². The first kappa shape index (κ1) is 17.7. The molecule has 0 bridgehead atoms. The molecule has 7 heteroatoms. The Labute approximate surface area is 147 Å². The summed E-state index contributed by atoms with van der Waals surface area (Å²) < 4.78 is 5.29. The number of nitrogens with zero attached hydrogens (tertiary/aromatic N) is 1. The number of rotatable bonds is 4. The van der Waals surface area contributed by atoms with Crippen LogP contribution in [0.1, 0.15) is 42.5 Å². The lowest BCUT2D eigenvalue weighted by molar-refractivity contribution is -0.124. The molecule has 2 heterocycles. The number of amides is 2. The highest BCUT2D eigenvalue weighted by Gasteiger charge is 2.36. The lowest BCUT2D eigenvalue weighted by Crippen LogP contribution is -2.54. The van der Waals surface area contributed by atoms with E-state index in [-0.39, 0.29) is 5.91 Å². The van der Waals surface area contributed by atoms with Crippen molar-refractivity contribution < 1.29 is 14.3 Å². The molecule has 3 rings (SSSR count). The van der Waals surface area contributed by atoms with E-state index in [4.69, 9.17) is 16.2 Å². The Morgan fingerprint density at radius 1 is 1.12 bits per heavy atom. The number of ether oxygens (including phenoxy) is 1. The Morgan fingerprint density at radius 2 is 1.80 bits per heavy atom. The molecule has 0 saturated carbocycles. The van der Waals surface area contributed by atoms with Gasteiger partial charge in [0.05, 0.1) is 11.3 Å². The predicted octanol–water partition coefficient (Wildman–Crippen LogP) is 1.22. The topological polar surface area (TPSA) is 111 Å². The highest BCUT2D eigenvalue weighted by molar-refractivity contribution is 6.02. The minimum absolute atomic E-state index is 0.216. The monoisotopic (exact) mass is 346 g/mol. The van der Waals surface area contributed by atoms with Gasteiger partial charge in [-0.25, -0.2) is 0 Å². The molecular weight excluding hydrogens is 320 g/mol. The summed E-state index contributed by atoms with van der Waals surface area (Å²) in [7, 11) is 0.